The minimum Gasteiger partial charge on any atom is -0.497 e. The van der Waals surface area contributed by atoms with Crippen molar-refractivity contribution in [2.24, 2.45) is 0 Å². The zero-order chi connectivity index (χ0) is 18.6. The summed E-state index contributed by atoms with van der Waals surface area (Å²) in [5, 5.41) is 3.80. The number of rotatable bonds is 5. The van der Waals surface area contributed by atoms with Gasteiger partial charge in [-0.05, 0) is 64.7 Å². The van der Waals surface area contributed by atoms with E-state index in [1.165, 1.54) is 0 Å². The maximum Gasteiger partial charge on any atom is 0.252 e. The van der Waals surface area contributed by atoms with Gasteiger partial charge in [-0.2, -0.15) is 0 Å². The van der Waals surface area contributed by atoms with Crippen LogP contribution < -0.4 is 10.1 Å². The number of carbonyl (C=O) groups excluding carboxylic acids is 1. The molecule has 0 spiro atoms. The van der Waals surface area contributed by atoms with E-state index in [2.05, 4.69) is 27.3 Å². The molecule has 0 aliphatic carbocycles. The summed E-state index contributed by atoms with van der Waals surface area (Å²) in [6.07, 6.45) is 1.68. The largest absolute Gasteiger partial charge is 0.497 e. The van der Waals surface area contributed by atoms with Gasteiger partial charge in [0.15, 0.2) is 0 Å². The minimum atomic E-state index is -0.176. The van der Waals surface area contributed by atoms with Crippen LogP contribution in [0.3, 0.4) is 0 Å². The van der Waals surface area contributed by atoms with Crippen molar-refractivity contribution in [2.75, 3.05) is 26.9 Å². The van der Waals surface area contributed by atoms with Gasteiger partial charge in [0.2, 0.25) is 0 Å². The lowest BCUT2D eigenvalue weighted by atomic mass is 9.74. The van der Waals surface area contributed by atoms with Gasteiger partial charge < -0.3 is 14.8 Å². The molecule has 2 aromatic carbocycles. The third kappa shape index (κ3) is 4.22. The third-order valence-corrected chi connectivity index (χ3v) is 5.82. The maximum atomic E-state index is 12.8. The Morgan fingerprint density at radius 2 is 2.04 bits per heavy atom. The fourth-order valence-corrected chi connectivity index (χ4v) is 3.92. The van der Waals surface area contributed by atoms with Crippen LogP contribution in [-0.2, 0) is 10.2 Å². The quantitative estimate of drug-likeness (QED) is 0.743. The smallest absolute Gasteiger partial charge is 0.252 e. The predicted molar refractivity (Wildman–Crippen MR) is 106 cm³/mol. The molecule has 0 saturated carbocycles. The Hall–Kier alpha value is -1.56. The summed E-state index contributed by atoms with van der Waals surface area (Å²) in [5.41, 5.74) is 1.51. The monoisotopic (exact) mass is 437 g/mol. The lowest BCUT2D eigenvalue weighted by Crippen LogP contribution is -2.44. The molecule has 3 rings (SSSR count). The third-order valence-electron chi connectivity index (χ3n) is 4.89. The molecule has 1 fully saturated rings. The van der Waals surface area contributed by atoms with E-state index in [4.69, 9.17) is 21.1 Å². The van der Waals surface area contributed by atoms with Crippen molar-refractivity contribution < 1.29 is 14.3 Å². The topological polar surface area (TPSA) is 47.6 Å². The van der Waals surface area contributed by atoms with E-state index in [9.17, 15) is 4.79 Å². The highest BCUT2D eigenvalue weighted by molar-refractivity contribution is 9.10. The van der Waals surface area contributed by atoms with Gasteiger partial charge in [0, 0.05) is 34.7 Å². The number of nitrogens with one attached hydrogen (secondary N) is 1. The van der Waals surface area contributed by atoms with E-state index in [-0.39, 0.29) is 11.3 Å². The Bertz CT molecular complexity index is 790. The average Bonchev–Trinajstić information content (AvgIpc) is 2.67. The fourth-order valence-electron chi connectivity index (χ4n) is 3.30. The van der Waals surface area contributed by atoms with Crippen LogP contribution in [0, 0.1) is 0 Å². The van der Waals surface area contributed by atoms with Crippen LogP contribution in [-0.4, -0.2) is 32.8 Å². The first-order valence-corrected chi connectivity index (χ1v) is 9.67. The second kappa shape index (κ2) is 8.42. The summed E-state index contributed by atoms with van der Waals surface area (Å²) >= 11 is 9.64. The summed E-state index contributed by atoms with van der Waals surface area (Å²) in [4.78, 5) is 12.8. The summed E-state index contributed by atoms with van der Waals surface area (Å²) in [6, 6.07) is 13.2. The van der Waals surface area contributed by atoms with Crippen LogP contribution in [0.2, 0.25) is 5.02 Å². The lowest BCUT2D eigenvalue weighted by Gasteiger charge is -2.38. The van der Waals surface area contributed by atoms with E-state index in [0.29, 0.717) is 36.1 Å². The van der Waals surface area contributed by atoms with Crippen molar-refractivity contribution >= 4 is 33.4 Å². The van der Waals surface area contributed by atoms with Crippen molar-refractivity contribution in [3.8, 4) is 5.75 Å². The molecular weight excluding hydrogens is 418 g/mol. The fraction of sp³-hybridized carbons (Fsp3) is 0.350. The van der Waals surface area contributed by atoms with E-state index < -0.39 is 0 Å². The molecule has 1 aliphatic heterocycles. The molecule has 1 N–H and O–H groups in total. The van der Waals surface area contributed by atoms with Gasteiger partial charge >= 0.3 is 0 Å². The van der Waals surface area contributed by atoms with E-state index in [1.807, 2.05) is 30.3 Å². The minimum absolute atomic E-state index is 0.135. The Labute approximate surface area is 167 Å². The summed E-state index contributed by atoms with van der Waals surface area (Å²) < 4.78 is 11.5. The van der Waals surface area contributed by atoms with Crippen LogP contribution in [0.1, 0.15) is 28.8 Å². The molecule has 138 valence electrons. The zero-order valence-corrected chi connectivity index (χ0v) is 16.9. The number of amides is 1. The molecule has 0 unspecified atom stereocenters. The zero-order valence-electron chi connectivity index (χ0n) is 14.6. The number of hydrogen-bond donors (Lipinski definition) is 1. The highest BCUT2D eigenvalue weighted by Crippen LogP contribution is 2.35. The molecule has 6 heteroatoms. The highest BCUT2D eigenvalue weighted by Gasteiger charge is 2.35. The summed E-state index contributed by atoms with van der Waals surface area (Å²) in [7, 11) is 1.58. The molecule has 2 aromatic rings. The summed E-state index contributed by atoms with van der Waals surface area (Å²) in [6.45, 7) is 1.87. The van der Waals surface area contributed by atoms with Gasteiger partial charge in [-0.1, -0.05) is 23.7 Å². The van der Waals surface area contributed by atoms with Gasteiger partial charge in [-0.15, -0.1) is 0 Å². The maximum absolute atomic E-state index is 12.8. The van der Waals surface area contributed by atoms with Gasteiger partial charge in [-0.25, -0.2) is 0 Å². The van der Waals surface area contributed by atoms with E-state index >= 15 is 0 Å². The second-order valence-electron chi connectivity index (χ2n) is 6.43. The lowest BCUT2D eigenvalue weighted by molar-refractivity contribution is 0.0487. The van der Waals surface area contributed by atoms with Crippen molar-refractivity contribution in [3.63, 3.8) is 0 Å². The Kier molecular flexibility index (Phi) is 6.22. The van der Waals surface area contributed by atoms with Crippen LogP contribution in [0.15, 0.2) is 46.9 Å². The average molecular weight is 439 g/mol. The molecule has 1 saturated heterocycles. The Morgan fingerprint density at radius 3 is 2.73 bits per heavy atom. The number of carbonyl (C=O) groups is 1. The van der Waals surface area contributed by atoms with Crippen molar-refractivity contribution in [3.05, 3.63) is 63.1 Å². The molecule has 26 heavy (non-hydrogen) atoms. The number of methoxy groups -OCH3 is 1. The van der Waals surface area contributed by atoms with E-state index in [1.54, 1.807) is 13.2 Å². The molecule has 1 heterocycles. The second-order valence-corrected chi connectivity index (χ2v) is 7.72. The number of benzene rings is 2. The SMILES string of the molecule is COc1ccc(Br)c(C(=O)NCC2(c3cccc(Cl)c3)CCOCC2)c1. The van der Waals surface area contributed by atoms with Crippen molar-refractivity contribution in [2.45, 2.75) is 18.3 Å². The first-order chi connectivity index (χ1) is 12.5. The van der Waals surface area contributed by atoms with Crippen molar-refractivity contribution in [1.29, 1.82) is 0 Å². The molecule has 0 bridgehead atoms. The van der Waals surface area contributed by atoms with Crippen LogP contribution in [0.5, 0.6) is 5.75 Å². The molecule has 0 aromatic heterocycles. The number of ether oxygens (including phenoxy) is 2. The van der Waals surface area contributed by atoms with Gasteiger partial charge in [0.1, 0.15) is 5.75 Å². The first kappa shape index (κ1) is 19.2. The molecule has 0 radical (unpaired) electrons. The first-order valence-electron chi connectivity index (χ1n) is 8.50. The predicted octanol–water partition coefficient (Wildman–Crippen LogP) is 4.59. The number of hydrogen-bond acceptors (Lipinski definition) is 3. The molecule has 1 aliphatic rings. The Balaban J connectivity index is 1.81. The Morgan fingerprint density at radius 1 is 1.27 bits per heavy atom. The van der Waals surface area contributed by atoms with Crippen molar-refractivity contribution in [1.82, 2.24) is 5.32 Å². The standard InChI is InChI=1S/C20H21BrClNO3/c1-25-16-5-6-18(21)17(12-16)19(24)23-13-20(7-9-26-10-8-20)14-3-2-4-15(22)11-14/h2-6,11-12H,7-10,13H2,1H3,(H,23,24). The van der Waals surface area contributed by atoms with Crippen LogP contribution in [0.25, 0.3) is 0 Å². The van der Waals surface area contributed by atoms with Crippen LogP contribution >= 0.6 is 27.5 Å². The highest BCUT2D eigenvalue weighted by atomic mass is 79.9. The normalized spacial score (nSPS) is 16.1. The van der Waals surface area contributed by atoms with E-state index in [0.717, 1.165) is 22.9 Å². The number of halogens is 2. The van der Waals surface area contributed by atoms with Gasteiger partial charge in [0.25, 0.3) is 5.91 Å². The molecule has 1 amide bonds. The molecule has 4 nitrogen and oxygen atoms in total. The summed E-state index contributed by atoms with van der Waals surface area (Å²) in [5.74, 6) is 0.512. The van der Waals surface area contributed by atoms with Gasteiger partial charge in [-0.3, -0.25) is 4.79 Å². The van der Waals surface area contributed by atoms with Crippen LogP contribution in [0.4, 0.5) is 0 Å². The molecular formula is C20H21BrClNO3. The molecule has 0 atom stereocenters. The van der Waals surface area contributed by atoms with Gasteiger partial charge in [0.05, 0.1) is 12.7 Å².